The summed E-state index contributed by atoms with van der Waals surface area (Å²) in [5, 5.41) is 0. The molecule has 1 aliphatic rings. The highest BCUT2D eigenvalue weighted by Crippen LogP contribution is 2.25. The standard InChI is InChI=1S/C10H15ClF3NO2/c1-7-8(2-5-17-7)9(16)15(4-3-11)6-10(12,13)14/h7-8H,2-6H2,1H3. The minimum absolute atomic E-state index is 0.0101. The van der Waals surface area contributed by atoms with Gasteiger partial charge in [-0.3, -0.25) is 4.79 Å². The molecule has 7 heteroatoms. The van der Waals surface area contributed by atoms with Gasteiger partial charge in [-0.2, -0.15) is 13.2 Å². The van der Waals surface area contributed by atoms with Crippen LogP contribution in [0.3, 0.4) is 0 Å². The van der Waals surface area contributed by atoms with Gasteiger partial charge in [0.2, 0.25) is 5.91 Å². The van der Waals surface area contributed by atoms with Gasteiger partial charge in [0.25, 0.3) is 0 Å². The molecule has 0 aromatic carbocycles. The Labute approximate surface area is 103 Å². The number of rotatable bonds is 4. The largest absolute Gasteiger partial charge is 0.406 e. The number of halogens is 4. The van der Waals surface area contributed by atoms with E-state index in [-0.39, 0.29) is 18.5 Å². The van der Waals surface area contributed by atoms with Gasteiger partial charge >= 0.3 is 6.18 Å². The molecule has 1 saturated heterocycles. The fourth-order valence-electron chi connectivity index (χ4n) is 1.88. The Balaban J connectivity index is 2.66. The van der Waals surface area contributed by atoms with Crippen LogP contribution in [0.1, 0.15) is 13.3 Å². The van der Waals surface area contributed by atoms with E-state index in [9.17, 15) is 18.0 Å². The average Bonchev–Trinajstić information content (AvgIpc) is 2.61. The fraction of sp³-hybridized carbons (Fsp3) is 0.900. The van der Waals surface area contributed by atoms with Crippen molar-refractivity contribution < 1.29 is 22.7 Å². The van der Waals surface area contributed by atoms with Gasteiger partial charge in [-0.25, -0.2) is 0 Å². The first-order chi connectivity index (χ1) is 7.85. The number of hydrogen-bond donors (Lipinski definition) is 0. The zero-order chi connectivity index (χ0) is 13.1. The predicted octanol–water partition coefficient (Wildman–Crippen LogP) is 2.04. The lowest BCUT2D eigenvalue weighted by Crippen LogP contribution is -2.44. The van der Waals surface area contributed by atoms with Gasteiger partial charge in [0.15, 0.2) is 0 Å². The molecule has 0 bridgehead atoms. The van der Waals surface area contributed by atoms with E-state index >= 15 is 0 Å². The molecule has 0 aromatic heterocycles. The van der Waals surface area contributed by atoms with Gasteiger partial charge in [-0.15, -0.1) is 11.6 Å². The summed E-state index contributed by atoms with van der Waals surface area (Å²) in [4.78, 5) is 12.7. The third-order valence-corrected chi connectivity index (χ3v) is 2.90. The van der Waals surface area contributed by atoms with Crippen LogP contribution in [0.2, 0.25) is 0 Å². The molecule has 0 aromatic rings. The summed E-state index contributed by atoms with van der Waals surface area (Å²) in [6.07, 6.45) is -4.25. The van der Waals surface area contributed by atoms with E-state index in [2.05, 4.69) is 0 Å². The maximum absolute atomic E-state index is 12.3. The lowest BCUT2D eigenvalue weighted by molar-refractivity contribution is -0.164. The van der Waals surface area contributed by atoms with Crippen LogP contribution in [-0.4, -0.2) is 48.7 Å². The van der Waals surface area contributed by atoms with Gasteiger partial charge in [0.1, 0.15) is 6.54 Å². The minimum Gasteiger partial charge on any atom is -0.378 e. The number of nitrogens with zero attached hydrogens (tertiary/aromatic N) is 1. The first-order valence-electron chi connectivity index (χ1n) is 5.38. The summed E-state index contributed by atoms with van der Waals surface area (Å²) >= 11 is 5.42. The van der Waals surface area contributed by atoms with Crippen LogP contribution in [0.4, 0.5) is 13.2 Å². The third kappa shape index (κ3) is 4.35. The molecule has 1 heterocycles. The smallest absolute Gasteiger partial charge is 0.378 e. The highest BCUT2D eigenvalue weighted by atomic mass is 35.5. The highest BCUT2D eigenvalue weighted by molar-refractivity contribution is 6.18. The number of ether oxygens (including phenoxy) is 1. The quantitative estimate of drug-likeness (QED) is 0.734. The summed E-state index contributed by atoms with van der Waals surface area (Å²) in [7, 11) is 0. The van der Waals surface area contributed by atoms with Crippen molar-refractivity contribution in [3.05, 3.63) is 0 Å². The van der Waals surface area contributed by atoms with Crippen molar-refractivity contribution in [1.29, 1.82) is 0 Å². The number of amides is 1. The monoisotopic (exact) mass is 273 g/mol. The van der Waals surface area contributed by atoms with E-state index in [4.69, 9.17) is 16.3 Å². The van der Waals surface area contributed by atoms with Crippen LogP contribution in [0.5, 0.6) is 0 Å². The summed E-state index contributed by atoms with van der Waals surface area (Å²) in [6.45, 7) is 0.769. The lowest BCUT2D eigenvalue weighted by atomic mass is 10.0. The molecule has 1 rings (SSSR count). The third-order valence-electron chi connectivity index (χ3n) is 2.73. The van der Waals surface area contributed by atoms with Gasteiger partial charge in [0.05, 0.1) is 12.0 Å². The molecular formula is C10H15ClF3NO2. The summed E-state index contributed by atoms with van der Waals surface area (Å²) in [5.41, 5.74) is 0. The number of carbonyl (C=O) groups excluding carboxylic acids is 1. The van der Waals surface area contributed by atoms with Crippen LogP contribution in [0.25, 0.3) is 0 Å². The summed E-state index contributed by atoms with van der Waals surface area (Å²) in [5.74, 6) is -1.02. The molecule has 2 unspecified atom stereocenters. The molecule has 2 atom stereocenters. The van der Waals surface area contributed by atoms with E-state index in [1.807, 2.05) is 0 Å². The van der Waals surface area contributed by atoms with Gasteiger partial charge in [-0.1, -0.05) is 0 Å². The van der Waals surface area contributed by atoms with Crippen LogP contribution < -0.4 is 0 Å². The van der Waals surface area contributed by atoms with E-state index in [1.165, 1.54) is 0 Å². The number of carbonyl (C=O) groups is 1. The number of hydrogen-bond acceptors (Lipinski definition) is 2. The highest BCUT2D eigenvalue weighted by Gasteiger charge is 2.38. The second-order valence-corrected chi connectivity index (χ2v) is 4.41. The Morgan fingerprint density at radius 2 is 2.18 bits per heavy atom. The minimum atomic E-state index is -4.40. The molecule has 1 fully saturated rings. The Kier molecular flexibility index (Phi) is 5.06. The Morgan fingerprint density at radius 3 is 2.59 bits per heavy atom. The van der Waals surface area contributed by atoms with Crippen molar-refractivity contribution in [2.75, 3.05) is 25.6 Å². The van der Waals surface area contributed by atoms with Crippen molar-refractivity contribution in [2.24, 2.45) is 5.92 Å². The molecule has 0 saturated carbocycles. The first-order valence-corrected chi connectivity index (χ1v) is 5.91. The van der Waals surface area contributed by atoms with Crippen molar-refractivity contribution >= 4 is 17.5 Å². The summed E-state index contributed by atoms with van der Waals surface area (Å²) < 4.78 is 42.1. The molecule has 100 valence electrons. The molecule has 0 spiro atoms. The van der Waals surface area contributed by atoms with Crippen LogP contribution in [0, 0.1) is 5.92 Å². The molecule has 0 N–H and O–H groups in total. The zero-order valence-electron chi connectivity index (χ0n) is 9.47. The SMILES string of the molecule is CC1OCCC1C(=O)N(CCCl)CC(F)(F)F. The van der Waals surface area contributed by atoms with Crippen molar-refractivity contribution in [1.82, 2.24) is 4.90 Å². The zero-order valence-corrected chi connectivity index (χ0v) is 10.2. The predicted molar refractivity (Wildman–Crippen MR) is 56.9 cm³/mol. The Bertz CT molecular complexity index is 273. The topological polar surface area (TPSA) is 29.5 Å². The first kappa shape index (κ1) is 14.6. The van der Waals surface area contributed by atoms with Crippen LogP contribution >= 0.6 is 11.6 Å². The van der Waals surface area contributed by atoms with Crippen molar-refractivity contribution in [3.8, 4) is 0 Å². The molecular weight excluding hydrogens is 259 g/mol. The molecule has 17 heavy (non-hydrogen) atoms. The Hall–Kier alpha value is -0.490. The van der Waals surface area contributed by atoms with Crippen molar-refractivity contribution in [2.45, 2.75) is 25.6 Å². The lowest BCUT2D eigenvalue weighted by Gasteiger charge is -2.26. The maximum Gasteiger partial charge on any atom is 0.406 e. The average molecular weight is 274 g/mol. The molecule has 1 aliphatic heterocycles. The normalized spacial score (nSPS) is 25.0. The second-order valence-electron chi connectivity index (χ2n) is 4.04. The van der Waals surface area contributed by atoms with E-state index in [0.29, 0.717) is 13.0 Å². The van der Waals surface area contributed by atoms with Crippen LogP contribution in [0.15, 0.2) is 0 Å². The molecule has 1 amide bonds. The second kappa shape index (κ2) is 5.91. The Morgan fingerprint density at radius 1 is 1.53 bits per heavy atom. The maximum atomic E-state index is 12.3. The van der Waals surface area contributed by atoms with Gasteiger partial charge in [-0.05, 0) is 13.3 Å². The molecule has 0 radical (unpaired) electrons. The van der Waals surface area contributed by atoms with E-state index < -0.39 is 24.5 Å². The van der Waals surface area contributed by atoms with E-state index in [1.54, 1.807) is 6.92 Å². The van der Waals surface area contributed by atoms with Crippen molar-refractivity contribution in [3.63, 3.8) is 0 Å². The molecule has 0 aliphatic carbocycles. The number of alkyl halides is 4. The van der Waals surface area contributed by atoms with Gasteiger partial charge in [0, 0.05) is 19.0 Å². The van der Waals surface area contributed by atoms with Gasteiger partial charge < -0.3 is 9.64 Å². The van der Waals surface area contributed by atoms with E-state index in [0.717, 1.165) is 4.90 Å². The molecule has 3 nitrogen and oxygen atoms in total. The fourth-order valence-corrected chi connectivity index (χ4v) is 2.08. The van der Waals surface area contributed by atoms with Crippen LogP contribution in [-0.2, 0) is 9.53 Å². The summed E-state index contributed by atoms with van der Waals surface area (Å²) in [6, 6.07) is 0.